The van der Waals surface area contributed by atoms with E-state index in [0.29, 0.717) is 34.9 Å². The number of carbonyl (C=O) groups excluding carboxylic acids is 1. The summed E-state index contributed by atoms with van der Waals surface area (Å²) in [7, 11) is 0. The zero-order valence-electron chi connectivity index (χ0n) is 16.0. The van der Waals surface area contributed by atoms with Gasteiger partial charge < -0.3 is 9.26 Å². The highest BCUT2D eigenvalue weighted by molar-refractivity contribution is 8.00. The lowest BCUT2D eigenvalue weighted by Gasteiger charge is -2.12. The van der Waals surface area contributed by atoms with E-state index in [4.69, 9.17) is 9.26 Å². The van der Waals surface area contributed by atoms with Crippen LogP contribution in [0.5, 0.6) is 5.75 Å². The fourth-order valence-electron chi connectivity index (χ4n) is 2.36. The fraction of sp³-hybridized carbons (Fsp3) is 0.263. The molecule has 152 valence electrons. The minimum Gasteiger partial charge on any atom is -0.486 e. The Kier molecular flexibility index (Phi) is 6.65. The molecular formula is C19H20FN5O3S. The van der Waals surface area contributed by atoms with Gasteiger partial charge in [0.1, 0.15) is 18.2 Å². The standard InChI is InChI=1S/C19H20FN5O3S/c1-4-9-25-16(11-27-15-7-5-14(20)6-8-15)22-23-19(25)29-13(3)18(26)21-17-10-12(2)24-28-17/h4-8,10,13H,1,9,11H2,2-3H3,(H,21,26)/t13-/m1/s1. The summed E-state index contributed by atoms with van der Waals surface area (Å²) in [6, 6.07) is 7.36. The number of nitrogens with zero attached hydrogens (tertiary/aromatic N) is 4. The van der Waals surface area contributed by atoms with Crippen LogP contribution >= 0.6 is 11.8 Å². The van der Waals surface area contributed by atoms with E-state index in [2.05, 4.69) is 27.2 Å². The Morgan fingerprint density at radius 3 is 2.83 bits per heavy atom. The van der Waals surface area contributed by atoms with Crippen molar-refractivity contribution in [2.75, 3.05) is 5.32 Å². The van der Waals surface area contributed by atoms with Crippen molar-refractivity contribution in [3.05, 3.63) is 60.3 Å². The molecule has 10 heteroatoms. The minimum atomic E-state index is -0.459. The van der Waals surface area contributed by atoms with Crippen LogP contribution in [0.25, 0.3) is 0 Å². The topological polar surface area (TPSA) is 95.1 Å². The van der Waals surface area contributed by atoms with Crippen LogP contribution in [0.3, 0.4) is 0 Å². The number of thioether (sulfide) groups is 1. The first-order chi connectivity index (χ1) is 14.0. The largest absolute Gasteiger partial charge is 0.486 e. The molecule has 0 bridgehead atoms. The quantitative estimate of drug-likeness (QED) is 0.420. The van der Waals surface area contributed by atoms with E-state index in [9.17, 15) is 9.18 Å². The Morgan fingerprint density at radius 1 is 1.41 bits per heavy atom. The van der Waals surface area contributed by atoms with E-state index in [1.165, 1.54) is 36.0 Å². The molecule has 0 saturated heterocycles. The summed E-state index contributed by atoms with van der Waals surface area (Å²) in [5.41, 5.74) is 0.678. The highest BCUT2D eigenvalue weighted by Crippen LogP contribution is 2.24. The van der Waals surface area contributed by atoms with Crippen LogP contribution in [0.4, 0.5) is 10.3 Å². The number of anilines is 1. The van der Waals surface area contributed by atoms with E-state index >= 15 is 0 Å². The van der Waals surface area contributed by atoms with Crippen molar-refractivity contribution in [1.82, 2.24) is 19.9 Å². The Morgan fingerprint density at radius 2 is 2.17 bits per heavy atom. The molecule has 0 unspecified atom stereocenters. The van der Waals surface area contributed by atoms with Gasteiger partial charge in [-0.2, -0.15) is 0 Å². The van der Waals surface area contributed by atoms with Gasteiger partial charge in [0.05, 0.1) is 10.9 Å². The van der Waals surface area contributed by atoms with Crippen molar-refractivity contribution in [2.24, 2.45) is 0 Å². The van der Waals surface area contributed by atoms with Gasteiger partial charge in [-0.05, 0) is 38.1 Å². The second-order valence-electron chi connectivity index (χ2n) is 6.12. The van der Waals surface area contributed by atoms with Gasteiger partial charge in [0.15, 0.2) is 11.0 Å². The Bertz CT molecular complexity index is 986. The maximum absolute atomic E-state index is 13.0. The summed E-state index contributed by atoms with van der Waals surface area (Å²) in [6.45, 7) is 7.87. The third-order valence-electron chi connectivity index (χ3n) is 3.81. The van der Waals surface area contributed by atoms with Crippen LogP contribution in [-0.4, -0.2) is 31.1 Å². The molecule has 8 nitrogen and oxygen atoms in total. The third kappa shape index (κ3) is 5.44. The van der Waals surface area contributed by atoms with Crippen LogP contribution in [0.2, 0.25) is 0 Å². The summed E-state index contributed by atoms with van der Waals surface area (Å²) in [4.78, 5) is 12.4. The molecule has 0 saturated carbocycles. The summed E-state index contributed by atoms with van der Waals surface area (Å²) >= 11 is 1.25. The number of carbonyl (C=O) groups is 1. The molecule has 1 atom stereocenters. The smallest absolute Gasteiger partial charge is 0.240 e. The maximum atomic E-state index is 13.0. The Labute approximate surface area is 171 Å². The number of aromatic nitrogens is 4. The molecule has 0 radical (unpaired) electrons. The fourth-order valence-corrected chi connectivity index (χ4v) is 3.24. The summed E-state index contributed by atoms with van der Waals surface area (Å²) < 4.78 is 25.5. The number of halogens is 1. The molecule has 3 rings (SSSR count). The monoisotopic (exact) mass is 417 g/mol. The number of benzene rings is 1. The van der Waals surface area contributed by atoms with Gasteiger partial charge in [0.2, 0.25) is 11.8 Å². The van der Waals surface area contributed by atoms with Crippen molar-refractivity contribution in [2.45, 2.75) is 37.4 Å². The van der Waals surface area contributed by atoms with E-state index in [1.54, 1.807) is 26.0 Å². The van der Waals surface area contributed by atoms with Crippen molar-refractivity contribution in [1.29, 1.82) is 0 Å². The van der Waals surface area contributed by atoms with Crippen LogP contribution in [0.1, 0.15) is 18.4 Å². The first kappa shape index (κ1) is 20.6. The molecule has 29 heavy (non-hydrogen) atoms. The lowest BCUT2D eigenvalue weighted by atomic mass is 10.3. The number of aryl methyl sites for hydroxylation is 1. The molecule has 2 heterocycles. The van der Waals surface area contributed by atoms with Gasteiger partial charge in [-0.3, -0.25) is 14.7 Å². The molecule has 0 spiro atoms. The van der Waals surface area contributed by atoms with Crippen LogP contribution in [-0.2, 0) is 17.9 Å². The molecule has 0 aliphatic heterocycles. The van der Waals surface area contributed by atoms with Crippen molar-refractivity contribution < 1.29 is 18.4 Å². The second-order valence-corrected chi connectivity index (χ2v) is 7.43. The number of rotatable bonds is 9. The van der Waals surface area contributed by atoms with Crippen molar-refractivity contribution >= 4 is 23.6 Å². The number of hydrogen-bond acceptors (Lipinski definition) is 7. The van der Waals surface area contributed by atoms with Gasteiger partial charge in [0.25, 0.3) is 0 Å². The van der Waals surface area contributed by atoms with E-state index in [-0.39, 0.29) is 18.3 Å². The number of hydrogen-bond donors (Lipinski definition) is 1. The van der Waals surface area contributed by atoms with Gasteiger partial charge in [-0.15, -0.1) is 16.8 Å². The molecule has 2 aromatic heterocycles. The van der Waals surface area contributed by atoms with Crippen molar-refractivity contribution in [3.8, 4) is 5.75 Å². The molecular weight excluding hydrogens is 397 g/mol. The van der Waals surface area contributed by atoms with Gasteiger partial charge in [-0.1, -0.05) is 23.0 Å². The molecule has 1 amide bonds. The third-order valence-corrected chi connectivity index (χ3v) is 4.89. The van der Waals surface area contributed by atoms with Crippen molar-refractivity contribution in [3.63, 3.8) is 0 Å². The van der Waals surface area contributed by atoms with E-state index < -0.39 is 5.25 Å². The first-order valence-corrected chi connectivity index (χ1v) is 9.66. The summed E-state index contributed by atoms with van der Waals surface area (Å²) in [6.07, 6.45) is 1.71. The average molecular weight is 417 g/mol. The van der Waals surface area contributed by atoms with E-state index in [1.807, 2.05) is 4.57 Å². The lowest BCUT2D eigenvalue weighted by Crippen LogP contribution is -2.22. The predicted octanol–water partition coefficient (Wildman–Crippen LogP) is 3.60. The number of ether oxygens (including phenoxy) is 1. The molecule has 1 N–H and O–H groups in total. The minimum absolute atomic E-state index is 0.144. The Balaban J connectivity index is 1.66. The second kappa shape index (κ2) is 9.37. The van der Waals surface area contributed by atoms with Gasteiger partial charge >= 0.3 is 0 Å². The van der Waals surface area contributed by atoms with Crippen LogP contribution < -0.4 is 10.1 Å². The maximum Gasteiger partial charge on any atom is 0.240 e. The lowest BCUT2D eigenvalue weighted by molar-refractivity contribution is -0.115. The molecule has 0 aliphatic rings. The highest BCUT2D eigenvalue weighted by Gasteiger charge is 2.21. The predicted molar refractivity (Wildman–Crippen MR) is 106 cm³/mol. The number of nitrogens with one attached hydrogen (secondary N) is 1. The molecule has 3 aromatic rings. The van der Waals surface area contributed by atoms with E-state index in [0.717, 1.165) is 0 Å². The molecule has 0 aliphatic carbocycles. The average Bonchev–Trinajstić information content (AvgIpc) is 3.28. The zero-order chi connectivity index (χ0) is 20.8. The summed E-state index contributed by atoms with van der Waals surface area (Å²) in [5, 5.41) is 14.8. The highest BCUT2D eigenvalue weighted by atomic mass is 32.2. The molecule has 1 aromatic carbocycles. The summed E-state index contributed by atoms with van der Waals surface area (Å²) in [5.74, 6) is 0.793. The van der Waals surface area contributed by atoms with Crippen LogP contribution in [0.15, 0.2) is 52.7 Å². The Hall–Kier alpha value is -3.14. The van der Waals surface area contributed by atoms with Gasteiger partial charge in [0, 0.05) is 12.6 Å². The van der Waals surface area contributed by atoms with Gasteiger partial charge in [-0.25, -0.2) is 4.39 Å². The van der Waals surface area contributed by atoms with Crippen LogP contribution in [0, 0.1) is 12.7 Å². The normalized spacial score (nSPS) is 11.8. The number of allylic oxidation sites excluding steroid dienone is 1. The SMILES string of the molecule is C=CCn1c(COc2ccc(F)cc2)nnc1S[C@H](C)C(=O)Nc1cc(C)no1. The number of amides is 1. The first-order valence-electron chi connectivity index (χ1n) is 8.78. The molecule has 0 fully saturated rings. The zero-order valence-corrected chi connectivity index (χ0v) is 16.8.